The van der Waals surface area contributed by atoms with Crippen molar-refractivity contribution < 1.29 is 0 Å². The van der Waals surface area contributed by atoms with Gasteiger partial charge >= 0.3 is 0 Å². The van der Waals surface area contributed by atoms with Crippen LogP contribution in [-0.4, -0.2) is 80.1 Å². The van der Waals surface area contributed by atoms with Gasteiger partial charge in [0.25, 0.3) is 0 Å². The molecule has 1 aliphatic heterocycles. The van der Waals surface area contributed by atoms with E-state index in [-0.39, 0.29) is 11.5 Å². The van der Waals surface area contributed by atoms with Gasteiger partial charge in [-0.25, -0.2) is 0 Å². The third-order valence-electron chi connectivity index (χ3n) is 4.05. The molecule has 0 aliphatic carbocycles. The second-order valence-corrected chi connectivity index (χ2v) is 7.35. The summed E-state index contributed by atoms with van der Waals surface area (Å²) >= 11 is 0. The van der Waals surface area contributed by atoms with E-state index in [2.05, 4.69) is 56.5 Å². The zero-order valence-electron chi connectivity index (χ0n) is 13.8. The summed E-state index contributed by atoms with van der Waals surface area (Å²) in [5.41, 5.74) is 6.47. The zero-order chi connectivity index (χ0) is 14.6. The van der Waals surface area contributed by atoms with Gasteiger partial charge in [-0.05, 0) is 26.4 Å². The second-order valence-electron chi connectivity index (χ2n) is 7.35. The Bertz CT molecular complexity index is 249. The molecule has 0 aromatic rings. The molecular weight excluding hydrogens is 236 g/mol. The van der Waals surface area contributed by atoms with E-state index in [1.165, 1.54) is 19.6 Å². The lowest BCUT2D eigenvalue weighted by molar-refractivity contribution is 0.0332. The first-order chi connectivity index (χ1) is 8.71. The molecule has 0 saturated carbocycles. The molecular formula is C15H34N4. The molecule has 4 nitrogen and oxygen atoms in total. The van der Waals surface area contributed by atoms with E-state index in [4.69, 9.17) is 5.73 Å². The van der Waals surface area contributed by atoms with Crippen LogP contribution >= 0.6 is 0 Å². The summed E-state index contributed by atoms with van der Waals surface area (Å²) in [4.78, 5) is 7.42. The van der Waals surface area contributed by atoms with Crippen LogP contribution in [0.1, 0.15) is 27.7 Å². The Morgan fingerprint density at radius 1 is 1.11 bits per heavy atom. The van der Waals surface area contributed by atoms with E-state index in [0.29, 0.717) is 6.04 Å². The lowest BCUT2D eigenvalue weighted by Gasteiger charge is -2.46. The monoisotopic (exact) mass is 270 g/mol. The Hall–Kier alpha value is -0.160. The van der Waals surface area contributed by atoms with Crippen LogP contribution in [0.3, 0.4) is 0 Å². The number of likely N-dealkylation sites (N-methyl/N-ethyl adjacent to an activating group) is 1. The fourth-order valence-electron chi connectivity index (χ4n) is 3.28. The van der Waals surface area contributed by atoms with Crippen molar-refractivity contribution in [2.75, 3.05) is 53.4 Å². The summed E-state index contributed by atoms with van der Waals surface area (Å²) < 4.78 is 0. The quantitative estimate of drug-likeness (QED) is 0.806. The predicted octanol–water partition coefficient (Wildman–Crippen LogP) is 0.928. The van der Waals surface area contributed by atoms with Crippen molar-refractivity contribution in [3.63, 3.8) is 0 Å². The average Bonchev–Trinajstić information content (AvgIpc) is 2.25. The molecule has 1 fully saturated rings. The van der Waals surface area contributed by atoms with Crippen LogP contribution in [-0.2, 0) is 0 Å². The van der Waals surface area contributed by atoms with E-state index in [1.807, 2.05) is 0 Å². The average molecular weight is 270 g/mol. The van der Waals surface area contributed by atoms with Gasteiger partial charge in [-0.2, -0.15) is 0 Å². The Kier molecular flexibility index (Phi) is 6.24. The van der Waals surface area contributed by atoms with Gasteiger partial charge < -0.3 is 10.6 Å². The molecule has 0 spiro atoms. The first-order valence-electron chi connectivity index (χ1n) is 7.58. The van der Waals surface area contributed by atoms with Gasteiger partial charge in [-0.3, -0.25) is 9.80 Å². The van der Waals surface area contributed by atoms with E-state index in [0.717, 1.165) is 19.6 Å². The molecule has 0 aromatic carbocycles. The Morgan fingerprint density at radius 2 is 1.63 bits per heavy atom. The molecule has 114 valence electrons. The highest BCUT2D eigenvalue weighted by molar-refractivity contribution is 4.91. The van der Waals surface area contributed by atoms with Crippen molar-refractivity contribution in [1.29, 1.82) is 0 Å². The Morgan fingerprint density at radius 3 is 2.00 bits per heavy atom. The number of rotatable bonds is 5. The smallest absolute Gasteiger partial charge is 0.0293 e. The zero-order valence-corrected chi connectivity index (χ0v) is 13.8. The van der Waals surface area contributed by atoms with E-state index >= 15 is 0 Å². The van der Waals surface area contributed by atoms with Crippen LogP contribution in [0.2, 0.25) is 0 Å². The molecule has 2 unspecified atom stereocenters. The number of nitrogens with zero attached hydrogens (tertiary/aromatic N) is 3. The van der Waals surface area contributed by atoms with Crippen molar-refractivity contribution in [3.05, 3.63) is 0 Å². The molecule has 0 radical (unpaired) electrons. The molecule has 1 rings (SSSR count). The second kappa shape index (κ2) is 7.02. The minimum Gasteiger partial charge on any atom is -0.327 e. The molecule has 1 heterocycles. The Balaban J connectivity index is 2.47. The Labute approximate surface area is 119 Å². The summed E-state index contributed by atoms with van der Waals surface area (Å²) in [6.45, 7) is 16.0. The van der Waals surface area contributed by atoms with Crippen molar-refractivity contribution in [3.8, 4) is 0 Å². The molecule has 2 N–H and O–H groups in total. The van der Waals surface area contributed by atoms with Crippen LogP contribution in [0.25, 0.3) is 0 Å². The van der Waals surface area contributed by atoms with Gasteiger partial charge in [0.15, 0.2) is 0 Å². The number of hydrogen-bond donors (Lipinski definition) is 1. The van der Waals surface area contributed by atoms with Crippen LogP contribution < -0.4 is 5.73 Å². The van der Waals surface area contributed by atoms with Crippen molar-refractivity contribution >= 4 is 0 Å². The third-order valence-corrected chi connectivity index (χ3v) is 4.05. The minimum absolute atomic E-state index is 0.230. The fourth-order valence-corrected chi connectivity index (χ4v) is 3.28. The van der Waals surface area contributed by atoms with Crippen LogP contribution in [0.5, 0.6) is 0 Å². The maximum atomic E-state index is 6.22. The summed E-state index contributed by atoms with van der Waals surface area (Å²) in [6, 6.07) is 0.705. The van der Waals surface area contributed by atoms with E-state index in [9.17, 15) is 0 Å². The highest BCUT2D eigenvalue weighted by Gasteiger charge is 2.34. The normalized spacial score (nSPS) is 22.7. The van der Waals surface area contributed by atoms with Crippen molar-refractivity contribution in [1.82, 2.24) is 14.7 Å². The molecule has 0 amide bonds. The summed E-state index contributed by atoms with van der Waals surface area (Å²) in [5, 5.41) is 0. The topological polar surface area (TPSA) is 35.7 Å². The predicted molar refractivity (Wildman–Crippen MR) is 83.5 cm³/mol. The summed E-state index contributed by atoms with van der Waals surface area (Å²) in [7, 11) is 4.28. The number of piperazine rings is 1. The summed E-state index contributed by atoms with van der Waals surface area (Å²) in [6.07, 6.45) is 0. The molecule has 0 bridgehead atoms. The van der Waals surface area contributed by atoms with Gasteiger partial charge in [0, 0.05) is 51.4 Å². The highest BCUT2D eigenvalue weighted by Crippen LogP contribution is 2.27. The van der Waals surface area contributed by atoms with Crippen molar-refractivity contribution in [2.45, 2.75) is 39.8 Å². The molecule has 1 saturated heterocycles. The molecule has 1 aliphatic rings. The van der Waals surface area contributed by atoms with Gasteiger partial charge in [0.2, 0.25) is 0 Å². The van der Waals surface area contributed by atoms with Crippen LogP contribution in [0.4, 0.5) is 0 Å². The standard InChI is InChI=1S/C15H34N4/c1-13(16)14(15(2,3)4)19-11-9-18(10-12-19)8-7-17(5)6/h13-14H,7-12,16H2,1-6H3. The maximum Gasteiger partial charge on any atom is 0.0293 e. The van der Waals surface area contributed by atoms with E-state index in [1.54, 1.807) is 0 Å². The van der Waals surface area contributed by atoms with Gasteiger partial charge in [0.05, 0.1) is 0 Å². The molecule has 0 aromatic heterocycles. The van der Waals surface area contributed by atoms with Crippen LogP contribution in [0, 0.1) is 5.41 Å². The lowest BCUT2D eigenvalue weighted by Crippen LogP contribution is -2.59. The lowest BCUT2D eigenvalue weighted by atomic mass is 9.81. The molecule has 4 heteroatoms. The number of nitrogens with two attached hydrogens (primary N) is 1. The first kappa shape index (κ1) is 16.9. The van der Waals surface area contributed by atoms with Gasteiger partial charge in [-0.15, -0.1) is 0 Å². The number of hydrogen-bond acceptors (Lipinski definition) is 4. The van der Waals surface area contributed by atoms with Gasteiger partial charge in [-0.1, -0.05) is 20.8 Å². The van der Waals surface area contributed by atoms with Crippen molar-refractivity contribution in [2.24, 2.45) is 11.1 Å². The van der Waals surface area contributed by atoms with Crippen LogP contribution in [0.15, 0.2) is 0 Å². The highest BCUT2D eigenvalue weighted by atomic mass is 15.3. The van der Waals surface area contributed by atoms with Gasteiger partial charge in [0.1, 0.15) is 0 Å². The third kappa shape index (κ3) is 5.38. The van der Waals surface area contributed by atoms with E-state index < -0.39 is 0 Å². The SMILES string of the molecule is CC(N)C(N1CCN(CCN(C)C)CC1)C(C)(C)C. The molecule has 19 heavy (non-hydrogen) atoms. The summed E-state index contributed by atoms with van der Waals surface area (Å²) in [5.74, 6) is 0. The maximum absolute atomic E-state index is 6.22. The largest absolute Gasteiger partial charge is 0.327 e. The fraction of sp³-hybridized carbons (Fsp3) is 1.00. The minimum atomic E-state index is 0.230. The first-order valence-corrected chi connectivity index (χ1v) is 7.58. The molecule has 2 atom stereocenters.